The molecule has 1 aromatic heterocycles. The van der Waals surface area contributed by atoms with Crippen LogP contribution in [0.1, 0.15) is 30.3 Å². The van der Waals surface area contributed by atoms with Crippen LogP contribution in [0.4, 0.5) is 5.69 Å². The predicted molar refractivity (Wildman–Crippen MR) is 68.1 cm³/mol. The average molecular weight is 233 g/mol. The van der Waals surface area contributed by atoms with E-state index in [0.29, 0.717) is 11.6 Å². The lowest BCUT2D eigenvalue weighted by Gasteiger charge is -2.16. The summed E-state index contributed by atoms with van der Waals surface area (Å²) in [5.41, 5.74) is 1.48. The number of aromatic nitrogens is 1. The van der Waals surface area contributed by atoms with Gasteiger partial charge < -0.3 is 10.2 Å². The van der Waals surface area contributed by atoms with E-state index in [1.165, 1.54) is 12.8 Å². The summed E-state index contributed by atoms with van der Waals surface area (Å²) >= 11 is 0. The van der Waals surface area contributed by atoms with Crippen LogP contribution in [-0.4, -0.2) is 35.9 Å². The van der Waals surface area contributed by atoms with Gasteiger partial charge in [0.2, 0.25) is 0 Å². The maximum Gasteiger partial charge on any atom is 0.272 e. The molecule has 0 unspecified atom stereocenters. The van der Waals surface area contributed by atoms with Gasteiger partial charge in [-0.2, -0.15) is 0 Å². The largest absolute Gasteiger partial charge is 0.384 e. The number of rotatable bonds is 5. The van der Waals surface area contributed by atoms with Crippen LogP contribution in [0.15, 0.2) is 18.3 Å². The van der Waals surface area contributed by atoms with Gasteiger partial charge in [-0.15, -0.1) is 0 Å². The van der Waals surface area contributed by atoms with E-state index in [1.54, 1.807) is 17.2 Å². The third-order valence-electron chi connectivity index (χ3n) is 2.94. The van der Waals surface area contributed by atoms with E-state index in [2.05, 4.69) is 10.3 Å². The Labute approximate surface area is 102 Å². The highest BCUT2D eigenvalue weighted by atomic mass is 16.2. The smallest absolute Gasteiger partial charge is 0.272 e. The third-order valence-corrected chi connectivity index (χ3v) is 2.94. The number of hydrogen-bond donors (Lipinski definition) is 1. The molecular weight excluding hydrogens is 214 g/mol. The Morgan fingerprint density at radius 1 is 1.53 bits per heavy atom. The van der Waals surface area contributed by atoms with Crippen LogP contribution in [0, 0.1) is 5.92 Å². The summed E-state index contributed by atoms with van der Waals surface area (Å²) in [7, 11) is 1.85. The van der Waals surface area contributed by atoms with Crippen LogP contribution in [0.2, 0.25) is 0 Å². The molecular formula is C13H19N3O. The first-order valence-corrected chi connectivity index (χ1v) is 6.16. The zero-order chi connectivity index (χ0) is 12.3. The van der Waals surface area contributed by atoms with Gasteiger partial charge in [-0.25, -0.2) is 4.98 Å². The lowest BCUT2D eigenvalue weighted by Crippen LogP contribution is -2.29. The molecule has 1 N–H and O–H groups in total. The van der Waals surface area contributed by atoms with Crippen LogP contribution in [0.5, 0.6) is 0 Å². The van der Waals surface area contributed by atoms with Crippen molar-refractivity contribution in [3.8, 4) is 0 Å². The fourth-order valence-electron chi connectivity index (χ4n) is 1.80. The van der Waals surface area contributed by atoms with Crippen molar-refractivity contribution < 1.29 is 4.79 Å². The number of nitrogens with zero attached hydrogens (tertiary/aromatic N) is 2. The molecule has 92 valence electrons. The van der Waals surface area contributed by atoms with Gasteiger partial charge in [0.1, 0.15) is 5.69 Å². The summed E-state index contributed by atoms with van der Waals surface area (Å²) < 4.78 is 0. The highest BCUT2D eigenvalue weighted by Gasteiger charge is 2.25. The van der Waals surface area contributed by atoms with Crippen molar-refractivity contribution in [3.63, 3.8) is 0 Å². The molecule has 17 heavy (non-hydrogen) atoms. The molecule has 1 fully saturated rings. The van der Waals surface area contributed by atoms with E-state index in [0.717, 1.165) is 18.8 Å². The SMILES string of the molecule is CCNc1ccc(C(=O)N(C)CC2CC2)nc1. The summed E-state index contributed by atoms with van der Waals surface area (Å²) in [5, 5.41) is 3.16. The van der Waals surface area contributed by atoms with Crippen LogP contribution in [0.3, 0.4) is 0 Å². The standard InChI is InChI=1S/C13H19N3O/c1-3-14-11-6-7-12(15-8-11)13(17)16(2)9-10-4-5-10/h6-8,10,14H,3-5,9H2,1-2H3. The van der Waals surface area contributed by atoms with Crippen molar-refractivity contribution in [1.82, 2.24) is 9.88 Å². The van der Waals surface area contributed by atoms with Crippen molar-refractivity contribution in [3.05, 3.63) is 24.0 Å². The highest BCUT2D eigenvalue weighted by Crippen LogP contribution is 2.29. The summed E-state index contributed by atoms with van der Waals surface area (Å²) in [6.07, 6.45) is 4.22. The van der Waals surface area contributed by atoms with Crippen molar-refractivity contribution in [2.24, 2.45) is 5.92 Å². The molecule has 1 aromatic rings. The minimum absolute atomic E-state index is 0.0138. The van der Waals surface area contributed by atoms with Crippen LogP contribution in [-0.2, 0) is 0 Å². The molecule has 1 amide bonds. The maximum absolute atomic E-state index is 12.0. The first-order chi connectivity index (χ1) is 8.20. The predicted octanol–water partition coefficient (Wildman–Crippen LogP) is 2.00. The number of carbonyl (C=O) groups is 1. The minimum Gasteiger partial charge on any atom is -0.384 e. The zero-order valence-electron chi connectivity index (χ0n) is 10.4. The normalized spacial score (nSPS) is 14.5. The van der Waals surface area contributed by atoms with Gasteiger partial charge in [0.05, 0.1) is 11.9 Å². The van der Waals surface area contributed by atoms with Gasteiger partial charge in [-0.1, -0.05) is 0 Å². The second-order valence-electron chi connectivity index (χ2n) is 4.59. The lowest BCUT2D eigenvalue weighted by molar-refractivity contribution is 0.0783. The van der Waals surface area contributed by atoms with Crippen LogP contribution >= 0.6 is 0 Å². The quantitative estimate of drug-likeness (QED) is 0.846. The Balaban J connectivity index is 1.97. The Hall–Kier alpha value is -1.58. The van der Waals surface area contributed by atoms with Gasteiger partial charge in [0.15, 0.2) is 0 Å². The molecule has 1 aliphatic carbocycles. The molecule has 1 aliphatic rings. The zero-order valence-corrected chi connectivity index (χ0v) is 10.4. The monoisotopic (exact) mass is 233 g/mol. The number of anilines is 1. The number of carbonyl (C=O) groups excluding carboxylic acids is 1. The van der Waals surface area contributed by atoms with E-state index in [9.17, 15) is 4.79 Å². The third kappa shape index (κ3) is 3.19. The maximum atomic E-state index is 12.0. The summed E-state index contributed by atoms with van der Waals surface area (Å²) in [4.78, 5) is 18.0. The molecule has 0 aliphatic heterocycles. The summed E-state index contributed by atoms with van der Waals surface area (Å²) in [6.45, 7) is 3.74. The molecule has 0 aromatic carbocycles. The van der Waals surface area contributed by atoms with Crippen molar-refractivity contribution >= 4 is 11.6 Å². The Morgan fingerprint density at radius 3 is 2.82 bits per heavy atom. The Morgan fingerprint density at radius 2 is 2.29 bits per heavy atom. The van der Waals surface area contributed by atoms with Gasteiger partial charge in [-0.3, -0.25) is 4.79 Å². The molecule has 4 nitrogen and oxygen atoms in total. The van der Waals surface area contributed by atoms with Gasteiger partial charge in [-0.05, 0) is 37.8 Å². The average Bonchev–Trinajstić information content (AvgIpc) is 3.13. The molecule has 1 saturated carbocycles. The first-order valence-electron chi connectivity index (χ1n) is 6.16. The van der Waals surface area contributed by atoms with Gasteiger partial charge >= 0.3 is 0 Å². The Bertz CT molecular complexity index is 384. The molecule has 0 saturated heterocycles. The number of pyridine rings is 1. The van der Waals surface area contributed by atoms with Crippen LogP contribution < -0.4 is 5.32 Å². The van der Waals surface area contributed by atoms with Gasteiger partial charge in [0, 0.05) is 20.1 Å². The molecule has 0 radical (unpaired) electrons. The van der Waals surface area contributed by atoms with E-state index in [-0.39, 0.29) is 5.91 Å². The summed E-state index contributed by atoms with van der Waals surface area (Å²) in [5.74, 6) is 0.727. The fraction of sp³-hybridized carbons (Fsp3) is 0.538. The van der Waals surface area contributed by atoms with E-state index >= 15 is 0 Å². The molecule has 1 heterocycles. The van der Waals surface area contributed by atoms with E-state index < -0.39 is 0 Å². The highest BCUT2D eigenvalue weighted by molar-refractivity contribution is 5.92. The fourth-order valence-corrected chi connectivity index (χ4v) is 1.80. The second kappa shape index (κ2) is 5.17. The molecule has 4 heteroatoms. The minimum atomic E-state index is 0.0138. The number of nitrogens with one attached hydrogen (secondary N) is 1. The summed E-state index contributed by atoms with van der Waals surface area (Å²) in [6, 6.07) is 3.68. The van der Waals surface area contributed by atoms with Crippen molar-refractivity contribution in [2.75, 3.05) is 25.5 Å². The topological polar surface area (TPSA) is 45.2 Å². The Kier molecular flexibility index (Phi) is 3.61. The van der Waals surface area contributed by atoms with E-state index in [4.69, 9.17) is 0 Å². The number of hydrogen-bond acceptors (Lipinski definition) is 3. The lowest BCUT2D eigenvalue weighted by atomic mass is 10.3. The molecule has 2 rings (SSSR count). The van der Waals surface area contributed by atoms with Crippen molar-refractivity contribution in [2.45, 2.75) is 19.8 Å². The second-order valence-corrected chi connectivity index (χ2v) is 4.59. The van der Waals surface area contributed by atoms with Crippen LogP contribution in [0.25, 0.3) is 0 Å². The van der Waals surface area contributed by atoms with E-state index in [1.807, 2.05) is 20.0 Å². The van der Waals surface area contributed by atoms with Crippen molar-refractivity contribution in [1.29, 1.82) is 0 Å². The molecule has 0 bridgehead atoms. The van der Waals surface area contributed by atoms with Gasteiger partial charge in [0.25, 0.3) is 5.91 Å². The molecule has 0 atom stereocenters. The molecule has 0 spiro atoms. The number of amides is 1. The first kappa shape index (κ1) is 11.9.